The maximum Gasteiger partial charge on any atom is 0.251 e. The lowest BCUT2D eigenvalue weighted by molar-refractivity contribution is 0.0949. The first-order valence-corrected chi connectivity index (χ1v) is 11.0. The first-order valence-electron chi connectivity index (χ1n) is 9.03. The van der Waals surface area contributed by atoms with Crippen molar-refractivity contribution in [2.24, 2.45) is 0 Å². The number of nitrogens with one attached hydrogen (secondary N) is 1. The first-order chi connectivity index (χ1) is 13.7. The first kappa shape index (κ1) is 21.7. The Hall–Kier alpha value is -2.02. The fraction of sp³-hybridized carbons (Fsp3) is 0.286. The van der Waals surface area contributed by atoms with Crippen LogP contribution >= 0.6 is 35.0 Å². The molecule has 1 N–H and O–H groups in total. The molecule has 0 saturated carbocycles. The number of rotatable bonds is 5. The molecule has 0 atom stereocenters. The molecule has 5 nitrogen and oxygen atoms in total. The van der Waals surface area contributed by atoms with Crippen LogP contribution < -0.4 is 5.32 Å². The number of hydrogen-bond acceptors (Lipinski definition) is 4. The summed E-state index contributed by atoms with van der Waals surface area (Å²) in [5.41, 5.74) is 2.61. The molecule has 0 bridgehead atoms. The normalized spacial score (nSPS) is 11.5. The van der Waals surface area contributed by atoms with Gasteiger partial charge in [0, 0.05) is 5.56 Å². The Bertz CT molecular complexity index is 1030. The third kappa shape index (κ3) is 4.94. The van der Waals surface area contributed by atoms with Gasteiger partial charge in [0.15, 0.2) is 11.0 Å². The van der Waals surface area contributed by atoms with E-state index in [0.717, 1.165) is 5.69 Å². The maximum atomic E-state index is 12.6. The summed E-state index contributed by atoms with van der Waals surface area (Å²) >= 11 is 13.7. The zero-order chi connectivity index (χ0) is 21.2. The fourth-order valence-electron chi connectivity index (χ4n) is 2.81. The number of carbonyl (C=O) groups is 1. The zero-order valence-corrected chi connectivity index (χ0v) is 19.0. The molecular weight excluding hydrogens is 427 g/mol. The number of halogens is 2. The maximum absolute atomic E-state index is 12.6. The molecule has 3 aromatic rings. The van der Waals surface area contributed by atoms with Crippen molar-refractivity contribution in [1.29, 1.82) is 0 Å². The monoisotopic (exact) mass is 448 g/mol. The van der Waals surface area contributed by atoms with Crippen molar-refractivity contribution in [3.63, 3.8) is 0 Å². The van der Waals surface area contributed by atoms with Gasteiger partial charge in [0.25, 0.3) is 5.91 Å². The predicted molar refractivity (Wildman–Crippen MR) is 119 cm³/mol. The lowest BCUT2D eigenvalue weighted by Crippen LogP contribution is -2.25. The highest BCUT2D eigenvalue weighted by Gasteiger charge is 2.17. The summed E-state index contributed by atoms with van der Waals surface area (Å²) in [6, 6.07) is 13.0. The molecule has 0 spiro atoms. The smallest absolute Gasteiger partial charge is 0.251 e. The average Bonchev–Trinajstić information content (AvgIpc) is 3.10. The molecule has 3 rings (SSSR count). The van der Waals surface area contributed by atoms with Gasteiger partial charge in [-0.05, 0) is 47.6 Å². The molecule has 0 aliphatic carbocycles. The van der Waals surface area contributed by atoms with E-state index < -0.39 is 0 Å². The van der Waals surface area contributed by atoms with Gasteiger partial charge in [0.05, 0.1) is 22.3 Å². The second-order valence-electron chi connectivity index (χ2n) is 7.55. The quantitative estimate of drug-likeness (QED) is 0.521. The standard InChI is InChI=1S/C21H22Cl2N4OS/c1-21(2,3)14-7-5-13(6-8-14)19(28)24-12-18-25-26-20(29-4)27(18)15-9-10-16(22)17(23)11-15/h5-11H,12H2,1-4H3,(H,24,28). The minimum absolute atomic E-state index is 0.0412. The molecule has 0 unspecified atom stereocenters. The van der Waals surface area contributed by atoms with E-state index in [0.29, 0.717) is 26.6 Å². The van der Waals surface area contributed by atoms with Crippen LogP contribution in [0.3, 0.4) is 0 Å². The van der Waals surface area contributed by atoms with E-state index in [1.807, 2.05) is 41.2 Å². The van der Waals surface area contributed by atoms with Gasteiger partial charge in [0.1, 0.15) is 0 Å². The summed E-state index contributed by atoms with van der Waals surface area (Å²) in [5, 5.41) is 13.0. The molecule has 1 heterocycles. The Morgan fingerprint density at radius 1 is 1.07 bits per heavy atom. The number of aromatic nitrogens is 3. The minimum Gasteiger partial charge on any atom is -0.345 e. The van der Waals surface area contributed by atoms with Gasteiger partial charge in [-0.1, -0.05) is 67.9 Å². The summed E-state index contributed by atoms with van der Waals surface area (Å²) < 4.78 is 1.86. The van der Waals surface area contributed by atoms with Crippen molar-refractivity contribution >= 4 is 40.9 Å². The molecule has 0 aliphatic heterocycles. The van der Waals surface area contributed by atoms with E-state index in [-0.39, 0.29) is 17.9 Å². The van der Waals surface area contributed by atoms with E-state index >= 15 is 0 Å². The van der Waals surface area contributed by atoms with Crippen molar-refractivity contribution in [1.82, 2.24) is 20.1 Å². The molecule has 152 valence electrons. The van der Waals surface area contributed by atoms with Crippen molar-refractivity contribution in [2.45, 2.75) is 37.9 Å². The van der Waals surface area contributed by atoms with Gasteiger partial charge in [-0.15, -0.1) is 10.2 Å². The Morgan fingerprint density at radius 2 is 1.76 bits per heavy atom. The second-order valence-corrected chi connectivity index (χ2v) is 9.13. The topological polar surface area (TPSA) is 59.8 Å². The molecule has 0 radical (unpaired) electrons. The SMILES string of the molecule is CSc1nnc(CNC(=O)c2ccc(C(C)(C)C)cc2)n1-c1ccc(Cl)c(Cl)c1. The molecule has 29 heavy (non-hydrogen) atoms. The van der Waals surface area contributed by atoms with Gasteiger partial charge in [-0.2, -0.15) is 0 Å². The van der Waals surface area contributed by atoms with Crippen LogP contribution in [0.15, 0.2) is 47.6 Å². The zero-order valence-electron chi connectivity index (χ0n) is 16.7. The Balaban J connectivity index is 1.79. The molecule has 8 heteroatoms. The number of amides is 1. The Labute approximate surface area is 184 Å². The summed E-state index contributed by atoms with van der Waals surface area (Å²) in [7, 11) is 0. The van der Waals surface area contributed by atoms with E-state index in [2.05, 4.69) is 36.3 Å². The predicted octanol–water partition coefficient (Wildman–Crippen LogP) is 5.52. The third-order valence-corrected chi connectivity index (χ3v) is 5.83. The lowest BCUT2D eigenvalue weighted by Gasteiger charge is -2.19. The van der Waals surface area contributed by atoms with Crippen molar-refractivity contribution in [3.8, 4) is 5.69 Å². The van der Waals surface area contributed by atoms with Crippen molar-refractivity contribution < 1.29 is 4.79 Å². The van der Waals surface area contributed by atoms with Crippen LogP contribution in [0.5, 0.6) is 0 Å². The summed E-state index contributed by atoms with van der Waals surface area (Å²) in [6.45, 7) is 6.65. The third-order valence-electron chi connectivity index (χ3n) is 4.46. The van der Waals surface area contributed by atoms with Crippen LogP contribution in [-0.4, -0.2) is 26.9 Å². The fourth-order valence-corrected chi connectivity index (χ4v) is 3.62. The molecule has 2 aromatic carbocycles. The van der Waals surface area contributed by atoms with Gasteiger partial charge >= 0.3 is 0 Å². The molecular formula is C21H22Cl2N4OS. The van der Waals surface area contributed by atoms with Crippen LogP contribution in [0.1, 0.15) is 42.5 Å². The van der Waals surface area contributed by atoms with Gasteiger partial charge in [-0.25, -0.2) is 0 Å². The summed E-state index contributed by atoms with van der Waals surface area (Å²) in [5.74, 6) is 0.437. The van der Waals surface area contributed by atoms with Crippen LogP contribution in [-0.2, 0) is 12.0 Å². The highest BCUT2D eigenvalue weighted by molar-refractivity contribution is 7.98. The molecule has 0 saturated heterocycles. The van der Waals surface area contributed by atoms with Gasteiger partial charge < -0.3 is 5.32 Å². The van der Waals surface area contributed by atoms with E-state index in [1.54, 1.807) is 12.1 Å². The van der Waals surface area contributed by atoms with Crippen molar-refractivity contribution in [3.05, 3.63) is 69.5 Å². The molecule has 1 amide bonds. The second kappa shape index (κ2) is 8.78. The Kier molecular flexibility index (Phi) is 6.56. The summed E-state index contributed by atoms with van der Waals surface area (Å²) in [6.07, 6.45) is 1.91. The highest BCUT2D eigenvalue weighted by Crippen LogP contribution is 2.27. The average molecular weight is 449 g/mol. The number of benzene rings is 2. The van der Waals surface area contributed by atoms with Crippen LogP contribution in [0.25, 0.3) is 5.69 Å². The van der Waals surface area contributed by atoms with E-state index in [4.69, 9.17) is 23.2 Å². The number of carbonyl (C=O) groups excluding carboxylic acids is 1. The highest BCUT2D eigenvalue weighted by atomic mass is 35.5. The minimum atomic E-state index is -0.167. The number of thioether (sulfide) groups is 1. The van der Waals surface area contributed by atoms with E-state index in [1.165, 1.54) is 17.3 Å². The van der Waals surface area contributed by atoms with Gasteiger partial charge in [-0.3, -0.25) is 9.36 Å². The lowest BCUT2D eigenvalue weighted by atomic mass is 9.87. The molecule has 1 aromatic heterocycles. The van der Waals surface area contributed by atoms with Crippen molar-refractivity contribution in [2.75, 3.05) is 6.26 Å². The molecule has 0 aliphatic rings. The van der Waals surface area contributed by atoms with Crippen LogP contribution in [0.4, 0.5) is 0 Å². The number of hydrogen-bond donors (Lipinski definition) is 1. The largest absolute Gasteiger partial charge is 0.345 e. The summed E-state index contributed by atoms with van der Waals surface area (Å²) in [4.78, 5) is 12.6. The van der Waals surface area contributed by atoms with E-state index in [9.17, 15) is 4.79 Å². The van der Waals surface area contributed by atoms with Gasteiger partial charge in [0.2, 0.25) is 0 Å². The van der Waals surface area contributed by atoms with Crippen LogP contribution in [0.2, 0.25) is 10.0 Å². The number of nitrogens with zero attached hydrogens (tertiary/aromatic N) is 3. The Morgan fingerprint density at radius 3 is 2.34 bits per heavy atom. The molecule has 0 fully saturated rings. The van der Waals surface area contributed by atoms with Crippen LogP contribution in [0, 0.1) is 0 Å².